The van der Waals surface area contributed by atoms with Crippen molar-refractivity contribution in [1.29, 1.82) is 0 Å². The van der Waals surface area contributed by atoms with E-state index in [4.69, 9.17) is 0 Å². The molecule has 0 aliphatic rings. The van der Waals surface area contributed by atoms with E-state index in [1.165, 1.54) is 10.8 Å². The van der Waals surface area contributed by atoms with Gasteiger partial charge in [0, 0.05) is 6.04 Å². The van der Waals surface area contributed by atoms with Crippen molar-refractivity contribution in [3.8, 4) is 0 Å². The molecule has 0 saturated carbocycles. The van der Waals surface area contributed by atoms with Crippen LogP contribution in [0.1, 0.15) is 46.1 Å². The maximum Gasteiger partial charge on any atom is 0.0972 e. The molecular weight excluding hydrogens is 330 g/mol. The van der Waals surface area contributed by atoms with Crippen molar-refractivity contribution < 1.29 is 4.21 Å². The zero-order valence-corrected chi connectivity index (χ0v) is 18.3. The summed E-state index contributed by atoms with van der Waals surface area (Å²) in [5.41, 5.74) is 1.34. The molecule has 4 heteroatoms. The molecule has 0 aliphatic carbocycles. The van der Waals surface area contributed by atoms with Crippen molar-refractivity contribution in [3.05, 3.63) is 47.2 Å². The molecule has 0 fully saturated rings. The first-order chi connectivity index (χ1) is 11.0. The molecule has 24 heavy (non-hydrogen) atoms. The Bertz CT molecular complexity index is 555. The van der Waals surface area contributed by atoms with Gasteiger partial charge in [-0.1, -0.05) is 61.2 Å². The topological polar surface area (TPSA) is 29.1 Å². The lowest BCUT2D eigenvalue weighted by Crippen LogP contribution is -2.40. The number of aryl methyl sites for hydroxylation is 1. The smallest absolute Gasteiger partial charge is 0.0972 e. The van der Waals surface area contributed by atoms with Crippen LogP contribution in [0.25, 0.3) is 0 Å². The van der Waals surface area contributed by atoms with Crippen LogP contribution in [0.15, 0.2) is 41.6 Å². The first-order valence-electron chi connectivity index (χ1n) is 8.89. The Morgan fingerprint density at radius 3 is 2.29 bits per heavy atom. The molecule has 136 valence electrons. The molecule has 0 bridgehead atoms. The zero-order chi connectivity index (χ0) is 18.4. The second-order valence-electron chi connectivity index (χ2n) is 8.59. The maximum atomic E-state index is 12.5. The van der Waals surface area contributed by atoms with E-state index in [1.54, 1.807) is 0 Å². The predicted octanol–water partition coefficient (Wildman–Crippen LogP) is 5.25. The molecule has 0 spiro atoms. The SMILES string of the molecule is C/C(=C\C[C@@H](CCc1ccccc1)NS(=O)C(C)(C)C)[Si](C)(C)C. The Balaban J connectivity index is 2.77. The van der Waals surface area contributed by atoms with Crippen molar-refractivity contribution in [2.75, 3.05) is 0 Å². The molecule has 0 heterocycles. The van der Waals surface area contributed by atoms with Crippen molar-refractivity contribution in [3.63, 3.8) is 0 Å². The van der Waals surface area contributed by atoms with E-state index in [2.05, 4.69) is 61.6 Å². The van der Waals surface area contributed by atoms with Crippen LogP contribution in [-0.2, 0) is 17.4 Å². The van der Waals surface area contributed by atoms with Gasteiger partial charge in [0.25, 0.3) is 0 Å². The number of hydrogen-bond donors (Lipinski definition) is 1. The van der Waals surface area contributed by atoms with E-state index in [9.17, 15) is 4.21 Å². The van der Waals surface area contributed by atoms with E-state index in [0.717, 1.165) is 19.3 Å². The summed E-state index contributed by atoms with van der Waals surface area (Å²) >= 11 is 0. The molecule has 1 unspecified atom stereocenters. The Kier molecular flexibility index (Phi) is 8.10. The van der Waals surface area contributed by atoms with Gasteiger partial charge in [-0.2, -0.15) is 0 Å². The molecule has 2 nitrogen and oxygen atoms in total. The fourth-order valence-electron chi connectivity index (χ4n) is 2.16. The minimum absolute atomic E-state index is 0.234. The normalized spacial score (nSPS) is 16.0. The highest BCUT2D eigenvalue weighted by Gasteiger charge is 2.23. The summed E-state index contributed by atoms with van der Waals surface area (Å²) in [5, 5.41) is 1.52. The number of hydrogen-bond acceptors (Lipinski definition) is 1. The van der Waals surface area contributed by atoms with Crippen LogP contribution in [-0.4, -0.2) is 23.1 Å². The van der Waals surface area contributed by atoms with E-state index in [1.807, 2.05) is 26.8 Å². The van der Waals surface area contributed by atoms with Gasteiger partial charge in [-0.05, 0) is 52.5 Å². The molecule has 0 saturated heterocycles. The lowest BCUT2D eigenvalue weighted by atomic mass is 10.0. The maximum absolute atomic E-state index is 12.5. The average molecular weight is 366 g/mol. The van der Waals surface area contributed by atoms with Gasteiger partial charge in [-0.25, -0.2) is 8.93 Å². The Labute approximate surface area is 152 Å². The summed E-state index contributed by atoms with van der Waals surface area (Å²) in [6, 6.07) is 10.8. The van der Waals surface area contributed by atoms with E-state index >= 15 is 0 Å². The van der Waals surface area contributed by atoms with Crippen molar-refractivity contribution in [1.82, 2.24) is 4.72 Å². The summed E-state index contributed by atoms with van der Waals surface area (Å²) in [6.07, 6.45) is 5.33. The van der Waals surface area contributed by atoms with Crippen LogP contribution in [0.5, 0.6) is 0 Å². The van der Waals surface area contributed by atoms with Crippen molar-refractivity contribution >= 4 is 19.1 Å². The predicted molar refractivity (Wildman–Crippen MR) is 111 cm³/mol. The Hall–Kier alpha value is -0.713. The third-order valence-electron chi connectivity index (χ3n) is 4.35. The van der Waals surface area contributed by atoms with Crippen LogP contribution < -0.4 is 4.72 Å². The van der Waals surface area contributed by atoms with Gasteiger partial charge in [-0.15, -0.1) is 0 Å². The highest BCUT2D eigenvalue weighted by atomic mass is 32.2. The fourth-order valence-corrected chi connectivity index (χ4v) is 3.76. The fraction of sp³-hybridized carbons (Fsp3) is 0.600. The largest absolute Gasteiger partial charge is 0.242 e. The highest BCUT2D eigenvalue weighted by molar-refractivity contribution is 7.84. The average Bonchev–Trinajstić information content (AvgIpc) is 2.48. The number of benzene rings is 1. The minimum Gasteiger partial charge on any atom is -0.242 e. The molecule has 0 amide bonds. The monoisotopic (exact) mass is 365 g/mol. The summed E-state index contributed by atoms with van der Waals surface area (Å²) in [5.74, 6) is 0. The van der Waals surface area contributed by atoms with Gasteiger partial charge in [-0.3, -0.25) is 0 Å². The molecule has 1 N–H and O–H groups in total. The van der Waals surface area contributed by atoms with Gasteiger partial charge >= 0.3 is 0 Å². The van der Waals surface area contributed by atoms with Crippen LogP contribution in [0.3, 0.4) is 0 Å². The molecule has 0 aliphatic heterocycles. The molecule has 1 rings (SSSR count). The van der Waals surface area contributed by atoms with Crippen molar-refractivity contribution in [2.45, 2.75) is 77.4 Å². The molecule has 1 aromatic carbocycles. The van der Waals surface area contributed by atoms with E-state index < -0.39 is 19.1 Å². The van der Waals surface area contributed by atoms with Gasteiger partial charge in [0.15, 0.2) is 0 Å². The van der Waals surface area contributed by atoms with E-state index in [-0.39, 0.29) is 10.8 Å². The number of rotatable bonds is 8. The first kappa shape index (κ1) is 21.3. The number of allylic oxidation sites excluding steroid dienone is 1. The second-order valence-corrected chi connectivity index (χ2v) is 15.9. The lowest BCUT2D eigenvalue weighted by Gasteiger charge is -2.25. The van der Waals surface area contributed by atoms with Crippen LogP contribution in [0.2, 0.25) is 19.6 Å². The summed E-state index contributed by atoms with van der Waals surface area (Å²) in [6.45, 7) is 15.4. The van der Waals surface area contributed by atoms with Crippen LogP contribution in [0, 0.1) is 0 Å². The third-order valence-corrected chi connectivity index (χ3v) is 8.58. The third kappa shape index (κ3) is 7.91. The van der Waals surface area contributed by atoms with E-state index in [0.29, 0.717) is 0 Å². The van der Waals surface area contributed by atoms with Gasteiger partial charge in [0.1, 0.15) is 0 Å². The van der Waals surface area contributed by atoms with Gasteiger partial charge < -0.3 is 0 Å². The number of nitrogens with one attached hydrogen (secondary N) is 1. The Morgan fingerprint density at radius 1 is 1.21 bits per heavy atom. The van der Waals surface area contributed by atoms with Gasteiger partial charge in [0.05, 0.1) is 23.8 Å². The zero-order valence-electron chi connectivity index (χ0n) is 16.5. The quantitative estimate of drug-likeness (QED) is 0.626. The standard InChI is InChI=1S/C20H35NOSSi/c1-17(24(5,6)7)13-15-19(21-23(22)20(2,3)4)16-14-18-11-9-8-10-12-18/h8-13,19,21H,14-16H2,1-7H3/b17-13+/t19-,23?/m0/s1. The molecule has 1 aromatic rings. The summed E-state index contributed by atoms with van der Waals surface area (Å²) in [7, 11) is -2.26. The first-order valence-corrected chi connectivity index (χ1v) is 13.5. The highest BCUT2D eigenvalue weighted by Crippen LogP contribution is 2.18. The van der Waals surface area contributed by atoms with Crippen LogP contribution >= 0.6 is 0 Å². The second kappa shape index (κ2) is 9.11. The van der Waals surface area contributed by atoms with Crippen molar-refractivity contribution in [2.24, 2.45) is 0 Å². The molecule has 0 aromatic heterocycles. The lowest BCUT2D eigenvalue weighted by molar-refractivity contribution is 0.553. The summed E-state index contributed by atoms with van der Waals surface area (Å²) in [4.78, 5) is 0. The minimum atomic E-state index is -1.23. The molecule has 0 radical (unpaired) electrons. The summed E-state index contributed by atoms with van der Waals surface area (Å²) < 4.78 is 15.7. The van der Waals surface area contributed by atoms with Crippen LogP contribution in [0.4, 0.5) is 0 Å². The van der Waals surface area contributed by atoms with Gasteiger partial charge in [0.2, 0.25) is 0 Å². The molecule has 2 atom stereocenters. The Morgan fingerprint density at radius 2 is 1.79 bits per heavy atom. The molecular formula is C20H35NOSSi.